The molecule has 1 heterocycles. The van der Waals surface area contributed by atoms with Crippen LogP contribution in [0.3, 0.4) is 0 Å². The second-order valence-electron chi connectivity index (χ2n) is 6.36. The summed E-state index contributed by atoms with van der Waals surface area (Å²) in [6.07, 6.45) is 2.25. The number of ether oxygens (including phenoxy) is 1. The highest BCUT2D eigenvalue weighted by Gasteiger charge is 2.37. The lowest BCUT2D eigenvalue weighted by Gasteiger charge is -2.47. The zero-order chi connectivity index (χ0) is 14.0. The Balaban J connectivity index is 2.42. The van der Waals surface area contributed by atoms with Gasteiger partial charge >= 0.3 is 0 Å². The smallest absolute Gasteiger partial charge is 0.123 e. The number of benzene rings is 1. The predicted octanol–water partition coefficient (Wildman–Crippen LogP) is 2.96. The zero-order valence-electron chi connectivity index (χ0n) is 12.5. The van der Waals surface area contributed by atoms with E-state index in [1.807, 2.05) is 12.1 Å². The van der Waals surface area contributed by atoms with Crippen molar-refractivity contribution in [2.24, 2.45) is 5.73 Å². The summed E-state index contributed by atoms with van der Waals surface area (Å²) in [4.78, 5) is 2.51. The summed E-state index contributed by atoms with van der Waals surface area (Å²) in [6, 6.07) is 8.66. The first-order valence-corrected chi connectivity index (χ1v) is 7.10. The Bertz CT molecular complexity index is 425. The zero-order valence-corrected chi connectivity index (χ0v) is 12.5. The third-order valence-electron chi connectivity index (χ3n) is 4.00. The van der Waals surface area contributed by atoms with Crippen molar-refractivity contribution in [3.8, 4) is 5.75 Å². The van der Waals surface area contributed by atoms with Crippen LogP contribution in [0.25, 0.3) is 0 Å². The van der Waals surface area contributed by atoms with Crippen molar-refractivity contribution in [2.45, 2.75) is 51.2 Å². The Morgan fingerprint density at radius 3 is 2.58 bits per heavy atom. The lowest BCUT2D eigenvalue weighted by Crippen LogP contribution is -2.53. The molecule has 0 aromatic heterocycles. The van der Waals surface area contributed by atoms with Crippen LogP contribution in [-0.2, 0) is 0 Å². The minimum atomic E-state index is 0.115. The minimum Gasteiger partial charge on any atom is -0.496 e. The summed E-state index contributed by atoms with van der Waals surface area (Å²) in [6.45, 7) is 7.87. The number of piperidine rings is 1. The van der Waals surface area contributed by atoms with Crippen LogP contribution in [0.15, 0.2) is 24.3 Å². The largest absolute Gasteiger partial charge is 0.496 e. The van der Waals surface area contributed by atoms with Gasteiger partial charge in [-0.1, -0.05) is 18.2 Å². The van der Waals surface area contributed by atoms with E-state index >= 15 is 0 Å². The summed E-state index contributed by atoms with van der Waals surface area (Å²) in [7, 11) is 1.73. The van der Waals surface area contributed by atoms with Crippen LogP contribution in [0.4, 0.5) is 0 Å². The SMILES string of the molecule is COc1ccccc1C1C(N)CCCN1C(C)(C)C. The molecule has 1 aliphatic heterocycles. The molecule has 0 radical (unpaired) electrons. The van der Waals surface area contributed by atoms with Gasteiger partial charge in [0.25, 0.3) is 0 Å². The van der Waals surface area contributed by atoms with Gasteiger partial charge in [0.2, 0.25) is 0 Å². The molecule has 0 bridgehead atoms. The van der Waals surface area contributed by atoms with E-state index in [2.05, 4.69) is 37.8 Å². The Hall–Kier alpha value is -1.06. The van der Waals surface area contributed by atoms with E-state index in [-0.39, 0.29) is 17.6 Å². The summed E-state index contributed by atoms with van der Waals surface area (Å²) in [5, 5.41) is 0. The fourth-order valence-corrected chi connectivity index (χ4v) is 3.09. The first-order valence-electron chi connectivity index (χ1n) is 7.10. The van der Waals surface area contributed by atoms with Gasteiger partial charge in [-0.25, -0.2) is 0 Å². The Kier molecular flexibility index (Phi) is 4.16. The van der Waals surface area contributed by atoms with E-state index in [1.54, 1.807) is 7.11 Å². The van der Waals surface area contributed by atoms with Gasteiger partial charge in [0.1, 0.15) is 5.75 Å². The molecule has 19 heavy (non-hydrogen) atoms. The molecule has 0 spiro atoms. The van der Waals surface area contributed by atoms with E-state index in [0.29, 0.717) is 0 Å². The average Bonchev–Trinajstić information content (AvgIpc) is 2.37. The number of methoxy groups -OCH3 is 1. The number of hydrogen-bond acceptors (Lipinski definition) is 3. The molecule has 106 valence electrons. The average molecular weight is 262 g/mol. The number of rotatable bonds is 2. The van der Waals surface area contributed by atoms with Gasteiger partial charge in [-0.2, -0.15) is 0 Å². The molecule has 2 atom stereocenters. The molecule has 2 rings (SSSR count). The summed E-state index contributed by atoms with van der Waals surface area (Å²) >= 11 is 0. The van der Waals surface area contributed by atoms with E-state index in [9.17, 15) is 0 Å². The number of nitrogens with two attached hydrogens (primary N) is 1. The quantitative estimate of drug-likeness (QED) is 0.890. The van der Waals surface area contributed by atoms with Crippen LogP contribution in [0.5, 0.6) is 5.75 Å². The Labute approximate surface area is 116 Å². The molecule has 0 amide bonds. The van der Waals surface area contributed by atoms with Crippen LogP contribution in [0, 0.1) is 0 Å². The number of para-hydroxylation sites is 1. The highest BCUT2D eigenvalue weighted by Crippen LogP contribution is 2.39. The standard InChI is InChI=1S/C16H26N2O/c1-16(2,3)18-11-7-9-13(17)15(18)12-8-5-6-10-14(12)19-4/h5-6,8,10,13,15H,7,9,11,17H2,1-4H3. The maximum Gasteiger partial charge on any atom is 0.123 e. The molecule has 1 saturated heterocycles. The van der Waals surface area contributed by atoms with Crippen LogP contribution in [-0.4, -0.2) is 30.1 Å². The van der Waals surface area contributed by atoms with Gasteiger partial charge in [0, 0.05) is 17.1 Å². The normalized spacial score (nSPS) is 25.3. The highest BCUT2D eigenvalue weighted by molar-refractivity contribution is 5.37. The van der Waals surface area contributed by atoms with Crippen molar-refractivity contribution in [1.82, 2.24) is 4.90 Å². The van der Waals surface area contributed by atoms with Gasteiger partial charge in [-0.15, -0.1) is 0 Å². The minimum absolute atomic E-state index is 0.115. The molecule has 3 nitrogen and oxygen atoms in total. The molecule has 1 fully saturated rings. The molecular formula is C16H26N2O. The van der Waals surface area contributed by atoms with Gasteiger partial charge in [-0.05, 0) is 46.2 Å². The Morgan fingerprint density at radius 1 is 1.26 bits per heavy atom. The van der Waals surface area contributed by atoms with Gasteiger partial charge < -0.3 is 10.5 Å². The number of nitrogens with zero attached hydrogens (tertiary/aromatic N) is 1. The second kappa shape index (κ2) is 5.51. The second-order valence-corrected chi connectivity index (χ2v) is 6.36. The predicted molar refractivity (Wildman–Crippen MR) is 79.4 cm³/mol. The summed E-state index contributed by atoms with van der Waals surface area (Å²) in [5.41, 5.74) is 7.75. The third-order valence-corrected chi connectivity index (χ3v) is 4.00. The highest BCUT2D eigenvalue weighted by atomic mass is 16.5. The molecule has 2 N–H and O–H groups in total. The number of likely N-dealkylation sites (tertiary alicyclic amines) is 1. The van der Waals surface area contributed by atoms with E-state index < -0.39 is 0 Å². The summed E-state index contributed by atoms with van der Waals surface area (Å²) < 4.78 is 5.53. The van der Waals surface area contributed by atoms with Gasteiger partial charge in [0.15, 0.2) is 0 Å². The fourth-order valence-electron chi connectivity index (χ4n) is 3.09. The molecule has 3 heteroatoms. The Morgan fingerprint density at radius 2 is 1.95 bits per heavy atom. The van der Waals surface area contributed by atoms with Crippen LogP contribution in [0.1, 0.15) is 45.2 Å². The van der Waals surface area contributed by atoms with Crippen molar-refractivity contribution >= 4 is 0 Å². The molecular weight excluding hydrogens is 236 g/mol. The van der Waals surface area contributed by atoms with Crippen LogP contribution < -0.4 is 10.5 Å². The van der Waals surface area contributed by atoms with E-state index in [0.717, 1.165) is 18.7 Å². The molecule has 0 saturated carbocycles. The maximum atomic E-state index is 6.42. The van der Waals surface area contributed by atoms with Crippen molar-refractivity contribution < 1.29 is 4.74 Å². The monoisotopic (exact) mass is 262 g/mol. The molecule has 2 unspecified atom stereocenters. The van der Waals surface area contributed by atoms with Gasteiger partial charge in [-0.3, -0.25) is 4.90 Å². The third kappa shape index (κ3) is 2.93. The molecule has 0 aliphatic carbocycles. The lowest BCUT2D eigenvalue weighted by molar-refractivity contribution is 0.0372. The van der Waals surface area contributed by atoms with Gasteiger partial charge in [0.05, 0.1) is 13.2 Å². The molecule has 1 aromatic carbocycles. The van der Waals surface area contributed by atoms with Crippen molar-refractivity contribution in [3.05, 3.63) is 29.8 Å². The lowest BCUT2D eigenvalue weighted by atomic mass is 9.86. The molecule has 1 aliphatic rings. The first kappa shape index (κ1) is 14.4. The van der Waals surface area contributed by atoms with Crippen molar-refractivity contribution in [2.75, 3.05) is 13.7 Å². The topological polar surface area (TPSA) is 38.5 Å². The first-order chi connectivity index (χ1) is 8.95. The fraction of sp³-hybridized carbons (Fsp3) is 0.625. The van der Waals surface area contributed by atoms with E-state index in [4.69, 9.17) is 10.5 Å². The molecule has 1 aromatic rings. The van der Waals surface area contributed by atoms with Crippen molar-refractivity contribution in [1.29, 1.82) is 0 Å². The number of hydrogen-bond donors (Lipinski definition) is 1. The van der Waals surface area contributed by atoms with E-state index in [1.165, 1.54) is 12.0 Å². The van der Waals surface area contributed by atoms with Crippen molar-refractivity contribution in [3.63, 3.8) is 0 Å². The van der Waals surface area contributed by atoms with Crippen LogP contribution in [0.2, 0.25) is 0 Å². The summed E-state index contributed by atoms with van der Waals surface area (Å²) in [5.74, 6) is 0.944. The van der Waals surface area contributed by atoms with Crippen LogP contribution >= 0.6 is 0 Å². The maximum absolute atomic E-state index is 6.42.